The standard InChI is InChI=1S/C15H29N3O4S/c1-2-3-4-12-23(20,21)18-9-7-17(8-10-18)15(19)16-13-14-6-5-11-22-14/h14H,2-13H2,1H3,(H,16,19). The SMILES string of the molecule is CCCCCS(=O)(=O)N1CCN(C(=O)NCC2CCCO2)CC1. The molecule has 2 fully saturated rings. The highest BCUT2D eigenvalue weighted by Crippen LogP contribution is 2.12. The van der Waals surface area contributed by atoms with E-state index in [0.29, 0.717) is 39.1 Å². The van der Waals surface area contributed by atoms with Gasteiger partial charge in [-0.1, -0.05) is 19.8 Å². The molecule has 2 aliphatic rings. The lowest BCUT2D eigenvalue weighted by atomic mass is 10.2. The summed E-state index contributed by atoms with van der Waals surface area (Å²) in [6.45, 7) is 5.04. The van der Waals surface area contributed by atoms with Crippen LogP contribution in [0.3, 0.4) is 0 Å². The first kappa shape index (κ1) is 18.5. The monoisotopic (exact) mass is 347 g/mol. The van der Waals surface area contributed by atoms with Crippen LogP contribution in [0.15, 0.2) is 0 Å². The van der Waals surface area contributed by atoms with Crippen LogP contribution in [0.1, 0.15) is 39.0 Å². The highest BCUT2D eigenvalue weighted by Gasteiger charge is 2.28. The number of hydrogen-bond donors (Lipinski definition) is 1. The van der Waals surface area contributed by atoms with E-state index in [1.54, 1.807) is 4.90 Å². The largest absolute Gasteiger partial charge is 0.376 e. The maximum Gasteiger partial charge on any atom is 0.317 e. The summed E-state index contributed by atoms with van der Waals surface area (Å²) in [5.41, 5.74) is 0. The second-order valence-corrected chi connectivity index (χ2v) is 8.32. The van der Waals surface area contributed by atoms with Gasteiger partial charge in [0.05, 0.1) is 11.9 Å². The van der Waals surface area contributed by atoms with E-state index >= 15 is 0 Å². The summed E-state index contributed by atoms with van der Waals surface area (Å²) in [4.78, 5) is 13.8. The van der Waals surface area contributed by atoms with Crippen molar-refractivity contribution in [2.45, 2.75) is 45.1 Å². The normalized spacial score (nSPS) is 23.2. The number of hydrogen-bond acceptors (Lipinski definition) is 4. The fraction of sp³-hybridized carbons (Fsp3) is 0.933. The Morgan fingerprint density at radius 3 is 2.57 bits per heavy atom. The van der Waals surface area contributed by atoms with Crippen molar-refractivity contribution >= 4 is 16.1 Å². The molecule has 0 spiro atoms. The van der Waals surface area contributed by atoms with Crippen LogP contribution in [0.5, 0.6) is 0 Å². The van der Waals surface area contributed by atoms with Crippen molar-refractivity contribution in [2.75, 3.05) is 45.1 Å². The highest BCUT2D eigenvalue weighted by atomic mass is 32.2. The van der Waals surface area contributed by atoms with E-state index in [4.69, 9.17) is 4.74 Å². The summed E-state index contributed by atoms with van der Waals surface area (Å²) >= 11 is 0. The third-order valence-corrected chi connectivity index (χ3v) is 6.39. The van der Waals surface area contributed by atoms with E-state index in [9.17, 15) is 13.2 Å². The number of unbranched alkanes of at least 4 members (excludes halogenated alkanes) is 2. The summed E-state index contributed by atoms with van der Waals surface area (Å²) in [5, 5.41) is 2.88. The number of amides is 2. The van der Waals surface area contributed by atoms with E-state index in [1.165, 1.54) is 4.31 Å². The van der Waals surface area contributed by atoms with E-state index < -0.39 is 10.0 Å². The average Bonchev–Trinajstić information content (AvgIpc) is 3.06. The molecule has 0 aliphatic carbocycles. The minimum Gasteiger partial charge on any atom is -0.376 e. The summed E-state index contributed by atoms with van der Waals surface area (Å²) in [6, 6.07) is -0.122. The Bertz CT molecular complexity index is 469. The quantitative estimate of drug-likeness (QED) is 0.697. The first-order valence-corrected chi connectivity index (χ1v) is 10.3. The van der Waals surface area contributed by atoms with E-state index in [1.807, 2.05) is 0 Å². The Morgan fingerprint density at radius 1 is 1.22 bits per heavy atom. The van der Waals surface area contributed by atoms with Crippen LogP contribution in [0.25, 0.3) is 0 Å². The molecular weight excluding hydrogens is 318 g/mol. The maximum atomic E-state index is 12.2. The van der Waals surface area contributed by atoms with Crippen LogP contribution in [0.4, 0.5) is 4.79 Å². The summed E-state index contributed by atoms with van der Waals surface area (Å²) in [7, 11) is -3.18. The van der Waals surface area contributed by atoms with Crippen molar-refractivity contribution in [3.05, 3.63) is 0 Å². The molecular formula is C15H29N3O4S. The molecule has 1 unspecified atom stereocenters. The minimum atomic E-state index is -3.18. The van der Waals surface area contributed by atoms with Crippen LogP contribution in [0, 0.1) is 0 Å². The molecule has 2 rings (SSSR count). The number of nitrogens with one attached hydrogen (secondary N) is 1. The van der Waals surface area contributed by atoms with Crippen LogP contribution >= 0.6 is 0 Å². The van der Waals surface area contributed by atoms with Gasteiger partial charge in [0.15, 0.2) is 0 Å². The average molecular weight is 347 g/mol. The topological polar surface area (TPSA) is 79.0 Å². The minimum absolute atomic E-state index is 0.122. The van der Waals surface area contributed by atoms with Crippen LogP contribution < -0.4 is 5.32 Å². The third-order valence-electron chi connectivity index (χ3n) is 4.43. The molecule has 0 radical (unpaired) electrons. The molecule has 0 bridgehead atoms. The Kier molecular flexibility index (Phi) is 7.10. The van der Waals surface area contributed by atoms with Gasteiger partial charge in [-0.25, -0.2) is 13.2 Å². The summed E-state index contributed by atoms with van der Waals surface area (Å²) in [5.74, 6) is 0.214. The van der Waals surface area contributed by atoms with Gasteiger partial charge in [-0.15, -0.1) is 0 Å². The lowest BCUT2D eigenvalue weighted by Crippen LogP contribution is -2.54. The molecule has 2 amide bonds. The number of urea groups is 1. The fourth-order valence-electron chi connectivity index (χ4n) is 2.95. The number of sulfonamides is 1. The number of nitrogens with zero attached hydrogens (tertiary/aromatic N) is 2. The molecule has 2 aliphatic heterocycles. The number of carbonyl (C=O) groups is 1. The second kappa shape index (κ2) is 8.84. The van der Waals surface area contributed by atoms with Crippen molar-refractivity contribution in [2.24, 2.45) is 0 Å². The maximum absolute atomic E-state index is 12.2. The molecule has 134 valence electrons. The predicted octanol–water partition coefficient (Wildman–Crippen LogP) is 1.01. The molecule has 7 nitrogen and oxygen atoms in total. The molecule has 1 N–H and O–H groups in total. The lowest BCUT2D eigenvalue weighted by molar-refractivity contribution is 0.107. The van der Waals surface area contributed by atoms with Gasteiger partial charge < -0.3 is 15.0 Å². The van der Waals surface area contributed by atoms with Crippen molar-refractivity contribution in [1.82, 2.24) is 14.5 Å². The molecule has 23 heavy (non-hydrogen) atoms. The zero-order chi connectivity index (χ0) is 16.7. The lowest BCUT2D eigenvalue weighted by Gasteiger charge is -2.34. The molecule has 1 atom stereocenters. The molecule has 2 heterocycles. The Labute approximate surface area is 139 Å². The van der Waals surface area contributed by atoms with Gasteiger partial charge >= 0.3 is 6.03 Å². The second-order valence-electron chi connectivity index (χ2n) is 6.23. The third kappa shape index (κ3) is 5.61. The van der Waals surface area contributed by atoms with Crippen LogP contribution in [-0.2, 0) is 14.8 Å². The van der Waals surface area contributed by atoms with E-state index in [2.05, 4.69) is 12.2 Å². The van der Waals surface area contributed by atoms with Crippen LogP contribution in [0.2, 0.25) is 0 Å². The molecule has 0 aromatic carbocycles. The zero-order valence-electron chi connectivity index (χ0n) is 14.0. The number of carbonyl (C=O) groups excluding carboxylic acids is 1. The molecule has 0 aromatic rings. The number of piperazine rings is 1. The molecule has 8 heteroatoms. The van der Waals surface area contributed by atoms with Crippen molar-refractivity contribution in [1.29, 1.82) is 0 Å². The van der Waals surface area contributed by atoms with Crippen molar-refractivity contribution in [3.63, 3.8) is 0 Å². The van der Waals surface area contributed by atoms with Crippen molar-refractivity contribution in [3.8, 4) is 0 Å². The first-order valence-electron chi connectivity index (χ1n) is 8.65. The van der Waals surface area contributed by atoms with E-state index in [0.717, 1.165) is 32.3 Å². The Hall–Kier alpha value is -0.860. The molecule has 2 saturated heterocycles. The van der Waals surface area contributed by atoms with Gasteiger partial charge in [0.25, 0.3) is 0 Å². The van der Waals surface area contributed by atoms with Gasteiger partial charge in [-0.2, -0.15) is 4.31 Å². The van der Waals surface area contributed by atoms with Crippen molar-refractivity contribution < 1.29 is 17.9 Å². The highest BCUT2D eigenvalue weighted by molar-refractivity contribution is 7.89. The fourth-order valence-corrected chi connectivity index (χ4v) is 4.50. The zero-order valence-corrected chi connectivity index (χ0v) is 14.8. The Balaban J connectivity index is 1.71. The Morgan fingerprint density at radius 2 is 1.96 bits per heavy atom. The van der Waals surface area contributed by atoms with Gasteiger partial charge in [0.1, 0.15) is 0 Å². The summed E-state index contributed by atoms with van der Waals surface area (Å²) in [6.07, 6.45) is 4.82. The predicted molar refractivity (Wildman–Crippen MR) is 88.8 cm³/mol. The molecule has 0 aromatic heterocycles. The smallest absolute Gasteiger partial charge is 0.317 e. The van der Waals surface area contributed by atoms with Crippen LogP contribution in [-0.4, -0.2) is 74.8 Å². The van der Waals surface area contributed by atoms with Gasteiger partial charge in [0, 0.05) is 39.3 Å². The van der Waals surface area contributed by atoms with Gasteiger partial charge in [0.2, 0.25) is 10.0 Å². The van der Waals surface area contributed by atoms with Gasteiger partial charge in [-0.05, 0) is 19.3 Å². The molecule has 0 saturated carbocycles. The van der Waals surface area contributed by atoms with Gasteiger partial charge in [-0.3, -0.25) is 0 Å². The van der Waals surface area contributed by atoms with E-state index in [-0.39, 0.29) is 17.9 Å². The number of ether oxygens (including phenoxy) is 1. The first-order chi connectivity index (χ1) is 11.0. The number of rotatable bonds is 7. The summed E-state index contributed by atoms with van der Waals surface area (Å²) < 4.78 is 31.5.